The van der Waals surface area contributed by atoms with Gasteiger partial charge in [0.05, 0.1) is 17.9 Å². The first kappa shape index (κ1) is 18.3. The molecule has 4 aromatic rings. The number of carbonyl (C=O) groups excluding carboxylic acids is 1. The predicted octanol–water partition coefficient (Wildman–Crippen LogP) is 3.55. The number of anilines is 1. The molecule has 28 heavy (non-hydrogen) atoms. The largest absolute Gasteiger partial charge is 0.431 e. The van der Waals surface area contributed by atoms with Crippen LogP contribution in [0.5, 0.6) is 0 Å². The Balaban J connectivity index is 1.46. The fourth-order valence-corrected chi connectivity index (χ4v) is 3.56. The molecule has 2 N–H and O–H groups in total. The zero-order chi connectivity index (χ0) is 19.5. The smallest absolute Gasteiger partial charge is 0.257 e. The van der Waals surface area contributed by atoms with Crippen LogP contribution in [0.15, 0.2) is 63.0 Å². The van der Waals surface area contributed by atoms with Gasteiger partial charge in [-0.05, 0) is 29.8 Å². The van der Waals surface area contributed by atoms with Crippen molar-refractivity contribution in [3.8, 4) is 0 Å². The molecule has 7 nitrogen and oxygen atoms in total. The molecule has 0 saturated carbocycles. The molecule has 2 heterocycles. The maximum absolute atomic E-state index is 12.3. The number of thioether (sulfide) groups is 1. The lowest BCUT2D eigenvalue weighted by atomic mass is 10.1. The highest BCUT2D eigenvalue weighted by Crippen LogP contribution is 2.24. The van der Waals surface area contributed by atoms with Crippen LogP contribution in [-0.4, -0.2) is 28.7 Å². The second-order valence-electron chi connectivity index (χ2n) is 6.14. The van der Waals surface area contributed by atoms with Gasteiger partial charge in [0.1, 0.15) is 5.52 Å². The van der Waals surface area contributed by atoms with Gasteiger partial charge < -0.3 is 19.5 Å². The lowest BCUT2D eigenvalue weighted by Crippen LogP contribution is -2.14. The summed E-state index contributed by atoms with van der Waals surface area (Å²) in [5, 5.41) is 4.15. The Morgan fingerprint density at radius 1 is 1.25 bits per heavy atom. The van der Waals surface area contributed by atoms with E-state index in [1.54, 1.807) is 19.2 Å². The van der Waals surface area contributed by atoms with Gasteiger partial charge in [-0.15, -0.1) is 0 Å². The van der Waals surface area contributed by atoms with E-state index in [9.17, 15) is 9.59 Å². The zero-order valence-electron chi connectivity index (χ0n) is 15.0. The van der Waals surface area contributed by atoms with Crippen LogP contribution in [0.3, 0.4) is 0 Å². The lowest BCUT2D eigenvalue weighted by Gasteiger charge is -2.08. The van der Waals surface area contributed by atoms with Gasteiger partial charge in [0.25, 0.3) is 5.22 Å². The van der Waals surface area contributed by atoms with Gasteiger partial charge in [-0.2, -0.15) is 0 Å². The topological polar surface area (TPSA) is 97.2 Å². The number of ether oxygens (including phenoxy) is 1. The number of nitrogens with zero attached hydrogens (tertiary/aromatic N) is 1. The highest BCUT2D eigenvalue weighted by Gasteiger charge is 2.10. The maximum atomic E-state index is 12.3. The molecule has 8 heteroatoms. The second-order valence-corrected chi connectivity index (χ2v) is 7.06. The Labute approximate surface area is 164 Å². The summed E-state index contributed by atoms with van der Waals surface area (Å²) >= 11 is 1.22. The van der Waals surface area contributed by atoms with E-state index in [1.807, 2.05) is 30.3 Å². The first-order valence-electron chi connectivity index (χ1n) is 8.55. The summed E-state index contributed by atoms with van der Waals surface area (Å²) in [6.45, 7) is 0.341. The Bertz CT molecular complexity index is 1180. The van der Waals surface area contributed by atoms with Crippen LogP contribution in [-0.2, 0) is 16.1 Å². The van der Waals surface area contributed by atoms with Gasteiger partial charge in [-0.25, -0.2) is 4.98 Å². The minimum absolute atomic E-state index is 0.158. The average Bonchev–Trinajstić information content (AvgIpc) is 3.09. The SMILES string of the molecule is COCc1cc(=O)[nH]c2cc(NC(=O)CSc3nc4ccccc4o3)ccc12. The first-order chi connectivity index (χ1) is 13.6. The second kappa shape index (κ2) is 7.87. The number of carbonyl (C=O) groups is 1. The van der Waals surface area contributed by atoms with Crippen LogP contribution < -0.4 is 10.9 Å². The number of oxazole rings is 1. The van der Waals surface area contributed by atoms with Crippen LogP contribution in [0.2, 0.25) is 0 Å². The molecule has 0 bridgehead atoms. The van der Waals surface area contributed by atoms with Crippen molar-refractivity contribution in [2.75, 3.05) is 18.2 Å². The molecule has 0 saturated heterocycles. The van der Waals surface area contributed by atoms with E-state index in [1.165, 1.54) is 17.8 Å². The van der Waals surface area contributed by atoms with Crippen LogP contribution >= 0.6 is 11.8 Å². The van der Waals surface area contributed by atoms with E-state index in [-0.39, 0.29) is 17.2 Å². The van der Waals surface area contributed by atoms with Gasteiger partial charge >= 0.3 is 0 Å². The number of para-hydroxylation sites is 2. The van der Waals surface area contributed by atoms with Crippen LogP contribution in [0, 0.1) is 0 Å². The number of amides is 1. The molecule has 142 valence electrons. The van der Waals surface area contributed by atoms with Crippen LogP contribution in [0.4, 0.5) is 5.69 Å². The number of hydrogen-bond donors (Lipinski definition) is 2. The maximum Gasteiger partial charge on any atom is 0.257 e. The van der Waals surface area contributed by atoms with Crippen molar-refractivity contribution in [3.63, 3.8) is 0 Å². The normalized spacial score (nSPS) is 11.2. The fourth-order valence-electron chi connectivity index (χ4n) is 2.92. The van der Waals surface area contributed by atoms with Gasteiger partial charge in [-0.3, -0.25) is 9.59 Å². The van der Waals surface area contributed by atoms with E-state index < -0.39 is 0 Å². The number of aromatic nitrogens is 2. The number of nitrogens with one attached hydrogen (secondary N) is 2. The van der Waals surface area contributed by atoms with Crippen LogP contribution in [0.1, 0.15) is 5.56 Å². The fraction of sp³-hybridized carbons (Fsp3) is 0.150. The molecule has 2 aromatic carbocycles. The summed E-state index contributed by atoms with van der Waals surface area (Å²) in [5.41, 5.74) is 3.27. The molecular weight excluding hydrogens is 378 g/mol. The molecule has 0 aliphatic rings. The van der Waals surface area contributed by atoms with Crippen LogP contribution in [0.25, 0.3) is 22.0 Å². The number of hydrogen-bond acceptors (Lipinski definition) is 6. The van der Waals surface area contributed by atoms with Crippen molar-refractivity contribution in [2.45, 2.75) is 11.8 Å². The quantitative estimate of drug-likeness (QED) is 0.485. The predicted molar refractivity (Wildman–Crippen MR) is 109 cm³/mol. The zero-order valence-corrected chi connectivity index (χ0v) is 15.8. The van der Waals surface area contributed by atoms with Crippen molar-refractivity contribution in [1.29, 1.82) is 0 Å². The summed E-state index contributed by atoms with van der Waals surface area (Å²) in [5.74, 6) is -0.0348. The molecule has 0 fully saturated rings. The van der Waals surface area contributed by atoms with Crippen molar-refractivity contribution in [1.82, 2.24) is 9.97 Å². The highest BCUT2D eigenvalue weighted by molar-refractivity contribution is 7.99. The Morgan fingerprint density at radius 3 is 2.93 bits per heavy atom. The summed E-state index contributed by atoms with van der Waals surface area (Å²) < 4.78 is 10.7. The standard InChI is InChI=1S/C20H17N3O4S/c1-26-10-12-8-18(24)22-16-9-13(6-7-14(12)16)21-19(25)11-28-20-23-15-4-2-3-5-17(15)27-20/h2-9H,10-11H2,1H3,(H,21,25)(H,22,24). The van der Waals surface area contributed by atoms with E-state index in [0.29, 0.717) is 28.6 Å². The van der Waals surface area contributed by atoms with E-state index in [0.717, 1.165) is 16.5 Å². The molecule has 4 rings (SSSR count). The van der Waals surface area contributed by atoms with E-state index >= 15 is 0 Å². The summed E-state index contributed by atoms with van der Waals surface area (Å²) in [7, 11) is 1.58. The highest BCUT2D eigenvalue weighted by atomic mass is 32.2. The number of methoxy groups -OCH3 is 1. The molecule has 0 atom stereocenters. The number of aromatic amines is 1. The monoisotopic (exact) mass is 395 g/mol. The number of H-pyrrole nitrogens is 1. The number of fused-ring (bicyclic) bond motifs is 2. The van der Waals surface area contributed by atoms with Gasteiger partial charge in [0, 0.05) is 24.2 Å². The Kier molecular flexibility index (Phi) is 5.14. The summed E-state index contributed by atoms with van der Waals surface area (Å²) in [4.78, 5) is 31.2. The molecule has 0 unspecified atom stereocenters. The summed E-state index contributed by atoms with van der Waals surface area (Å²) in [6.07, 6.45) is 0. The Hall–Kier alpha value is -3.10. The van der Waals surface area contributed by atoms with Crippen molar-refractivity contribution >= 4 is 45.4 Å². The van der Waals surface area contributed by atoms with Gasteiger partial charge in [0.15, 0.2) is 5.58 Å². The number of benzene rings is 2. The van der Waals surface area contributed by atoms with Gasteiger partial charge in [0.2, 0.25) is 11.5 Å². The minimum Gasteiger partial charge on any atom is -0.431 e. The average molecular weight is 395 g/mol. The van der Waals surface area contributed by atoms with Gasteiger partial charge in [-0.1, -0.05) is 30.0 Å². The van der Waals surface area contributed by atoms with Crippen molar-refractivity contribution in [2.24, 2.45) is 0 Å². The molecule has 2 aromatic heterocycles. The van der Waals surface area contributed by atoms with E-state index in [2.05, 4.69) is 15.3 Å². The number of pyridine rings is 1. The molecule has 0 aliphatic heterocycles. The molecule has 0 spiro atoms. The first-order valence-corrected chi connectivity index (χ1v) is 9.54. The molecule has 0 aliphatic carbocycles. The third-order valence-electron chi connectivity index (χ3n) is 4.11. The lowest BCUT2D eigenvalue weighted by molar-refractivity contribution is -0.113. The molecule has 0 radical (unpaired) electrons. The summed E-state index contributed by atoms with van der Waals surface area (Å²) in [6, 6.07) is 14.3. The van der Waals surface area contributed by atoms with Crippen molar-refractivity contribution in [3.05, 3.63) is 64.4 Å². The number of rotatable bonds is 6. The third-order valence-corrected chi connectivity index (χ3v) is 4.94. The Morgan fingerprint density at radius 2 is 2.11 bits per heavy atom. The molecule has 1 amide bonds. The molecular formula is C20H17N3O4S. The van der Waals surface area contributed by atoms with Crippen molar-refractivity contribution < 1.29 is 13.9 Å². The van der Waals surface area contributed by atoms with E-state index in [4.69, 9.17) is 9.15 Å². The third kappa shape index (κ3) is 3.92. The minimum atomic E-state index is -0.213.